The van der Waals surface area contributed by atoms with E-state index in [1.54, 1.807) is 31.3 Å². The molecule has 7 rings (SSSR count). The lowest BCUT2D eigenvalue weighted by atomic mass is 9.68. The minimum absolute atomic E-state index is 0.0237. The van der Waals surface area contributed by atoms with Crippen LogP contribution in [0.5, 0.6) is 0 Å². The third-order valence-electron chi connectivity index (χ3n) is 12.8. The number of fused-ring (bicyclic) bond motifs is 3. The van der Waals surface area contributed by atoms with E-state index in [1.165, 1.54) is 5.57 Å². The highest BCUT2D eigenvalue weighted by atomic mass is 16.7. The molecule has 0 unspecified atom stereocenters. The fraction of sp³-hybridized carbons (Fsp3) is 0.535. The maximum atomic E-state index is 14.5. The van der Waals surface area contributed by atoms with Gasteiger partial charge >= 0.3 is 5.97 Å². The summed E-state index contributed by atoms with van der Waals surface area (Å²) in [6.07, 6.45) is 19.8. The largest absolute Gasteiger partial charge is 0.463 e. The Morgan fingerprint density at radius 2 is 1.95 bits per heavy atom. The number of guanidine groups is 1. The fourth-order valence-electron chi connectivity index (χ4n) is 9.80. The number of esters is 1. The van der Waals surface area contributed by atoms with Crippen molar-refractivity contribution in [3.8, 4) is 0 Å². The zero-order valence-corrected chi connectivity index (χ0v) is 32.6. The SMILES string of the molecule is CCN[C@@H]1C=C2C=CCC[C@H]2C[C@@H]1COC(=O)[C@]12O[C@@]1(C/C=C(\C)C1([C@@H](NC(N)=NC)C3=CCNC(NCNC)=C3)CCCC1)C(=O)c1ccccc1C2=O. The lowest BCUT2D eigenvalue weighted by Gasteiger charge is -2.41. The van der Waals surface area contributed by atoms with Crippen molar-refractivity contribution in [2.75, 3.05) is 40.5 Å². The first-order valence-corrected chi connectivity index (χ1v) is 20.0. The van der Waals surface area contributed by atoms with E-state index in [-0.39, 0.29) is 53.4 Å². The number of epoxide rings is 1. The minimum Gasteiger partial charge on any atom is -0.463 e. The highest BCUT2D eigenvalue weighted by molar-refractivity contribution is 6.32. The van der Waals surface area contributed by atoms with Crippen molar-refractivity contribution in [1.82, 2.24) is 26.6 Å². The Morgan fingerprint density at radius 1 is 1.18 bits per heavy atom. The molecule has 1 saturated carbocycles. The Labute approximate surface area is 324 Å². The second-order valence-corrected chi connectivity index (χ2v) is 15.8. The topological polar surface area (TPSA) is 171 Å². The van der Waals surface area contributed by atoms with E-state index in [9.17, 15) is 14.4 Å². The Balaban J connectivity index is 1.20. The van der Waals surface area contributed by atoms with Gasteiger partial charge in [-0.05, 0) is 75.8 Å². The molecule has 1 saturated heterocycles. The number of nitrogens with two attached hydrogens (primary N) is 1. The van der Waals surface area contributed by atoms with E-state index in [1.807, 2.05) is 13.1 Å². The zero-order chi connectivity index (χ0) is 38.8. The molecule has 7 N–H and O–H groups in total. The van der Waals surface area contributed by atoms with Crippen LogP contribution in [0.25, 0.3) is 0 Å². The van der Waals surface area contributed by atoms with Gasteiger partial charge in [-0.25, -0.2) is 4.79 Å². The molecule has 12 nitrogen and oxygen atoms in total. The second-order valence-electron chi connectivity index (χ2n) is 15.8. The van der Waals surface area contributed by atoms with Gasteiger partial charge in [0.1, 0.15) is 5.82 Å². The summed E-state index contributed by atoms with van der Waals surface area (Å²) in [5.74, 6) is -0.00376. The smallest absolute Gasteiger partial charge is 0.350 e. The second kappa shape index (κ2) is 15.9. The molecule has 2 aliphatic heterocycles. The van der Waals surface area contributed by atoms with E-state index in [0.717, 1.165) is 68.5 Å². The van der Waals surface area contributed by atoms with E-state index in [0.29, 0.717) is 25.1 Å². The monoisotopic (exact) mass is 751 g/mol. The van der Waals surface area contributed by atoms with Crippen molar-refractivity contribution in [2.24, 2.45) is 28.0 Å². The van der Waals surface area contributed by atoms with Gasteiger partial charge in [-0.15, -0.1) is 0 Å². The highest BCUT2D eigenvalue weighted by Gasteiger charge is 2.85. The van der Waals surface area contributed by atoms with Gasteiger partial charge in [-0.1, -0.05) is 80.0 Å². The van der Waals surface area contributed by atoms with Crippen LogP contribution in [0.15, 0.2) is 88.3 Å². The first kappa shape index (κ1) is 38.7. The first-order valence-electron chi connectivity index (χ1n) is 20.0. The van der Waals surface area contributed by atoms with E-state index >= 15 is 0 Å². The minimum atomic E-state index is -2.04. The molecular weight excluding hydrogens is 695 g/mol. The third-order valence-corrected chi connectivity index (χ3v) is 12.8. The number of carbonyl (C=O) groups excluding carboxylic acids is 3. The Morgan fingerprint density at radius 3 is 2.67 bits per heavy atom. The van der Waals surface area contributed by atoms with Crippen LogP contribution in [0.1, 0.15) is 85.9 Å². The lowest BCUT2D eigenvalue weighted by molar-refractivity contribution is -0.150. The number of nitrogens with zero attached hydrogens (tertiary/aromatic N) is 1. The normalized spacial score (nSPS) is 30.1. The molecule has 55 heavy (non-hydrogen) atoms. The van der Waals surface area contributed by atoms with Crippen molar-refractivity contribution in [3.63, 3.8) is 0 Å². The molecule has 6 aliphatic rings. The summed E-state index contributed by atoms with van der Waals surface area (Å²) in [6, 6.07) is 6.50. The van der Waals surface area contributed by atoms with Gasteiger partial charge in [-0.2, -0.15) is 0 Å². The molecule has 2 heterocycles. The standard InChI is InChI=1S/C43H57N7O5/c1-5-47-34-23-29-13-7-6-12-28(29)22-31(34)25-54-39(53)43-38(52)33-15-9-8-14-32(33)37(51)42(43,55-43)20-16-27(2)41(18-10-11-19-41)36(50-40(44)46-4)30-17-21-48-35(24-30)49-26-45-3/h7-9,13-17,23-24,28,31,34,36,45,47-49H,5-6,10-12,18-22,25-26H2,1-4H3,(H3,44,46,50)/b27-16+/t28-,31+,34+,36-,42-,43-/m0/s1. The highest BCUT2D eigenvalue weighted by Crippen LogP contribution is 2.59. The van der Waals surface area contributed by atoms with Crippen LogP contribution < -0.4 is 32.3 Å². The van der Waals surface area contributed by atoms with Crippen molar-refractivity contribution in [3.05, 3.63) is 94.4 Å². The van der Waals surface area contributed by atoms with Crippen LogP contribution in [-0.4, -0.2) is 87.2 Å². The maximum absolute atomic E-state index is 14.5. The van der Waals surface area contributed by atoms with Crippen LogP contribution in [0, 0.1) is 17.3 Å². The summed E-state index contributed by atoms with van der Waals surface area (Å²) in [6.45, 7) is 6.28. The number of ether oxygens (including phenoxy) is 2. The molecule has 1 aromatic carbocycles. The third kappa shape index (κ3) is 6.86. The first-order chi connectivity index (χ1) is 26.6. The van der Waals surface area contributed by atoms with E-state index in [2.05, 4.69) is 75.8 Å². The van der Waals surface area contributed by atoms with Crippen LogP contribution in [0.2, 0.25) is 0 Å². The van der Waals surface area contributed by atoms with E-state index < -0.39 is 23.0 Å². The van der Waals surface area contributed by atoms with Gasteiger partial charge in [0.25, 0.3) is 5.60 Å². The molecule has 6 atom stereocenters. The number of nitrogens with one attached hydrogen (secondary N) is 5. The molecule has 0 spiro atoms. The molecule has 1 aromatic rings. The van der Waals surface area contributed by atoms with Crippen LogP contribution >= 0.6 is 0 Å². The molecule has 4 aliphatic carbocycles. The number of hydrogen-bond acceptors (Lipinski definition) is 10. The molecule has 0 radical (unpaired) electrons. The Kier molecular flexibility index (Phi) is 11.2. The molecular formula is C43H57N7O5. The quantitative estimate of drug-likeness (QED) is 0.0310. The molecule has 0 bridgehead atoms. The molecule has 294 valence electrons. The number of benzene rings is 1. The molecule has 0 amide bonds. The maximum Gasteiger partial charge on any atom is 0.350 e. The van der Waals surface area contributed by atoms with Crippen LogP contribution in [-0.2, 0) is 14.3 Å². The molecule has 2 fully saturated rings. The van der Waals surface area contributed by atoms with Crippen LogP contribution in [0.4, 0.5) is 0 Å². The fourth-order valence-corrected chi connectivity index (χ4v) is 9.80. The predicted octanol–water partition coefficient (Wildman–Crippen LogP) is 3.94. The number of dihydropyridines is 1. The zero-order valence-electron chi connectivity index (χ0n) is 32.6. The Hall–Kier alpha value is -4.52. The van der Waals surface area contributed by atoms with Gasteiger partial charge in [0.05, 0.1) is 19.3 Å². The lowest BCUT2D eigenvalue weighted by Crippen LogP contribution is -2.52. The number of aliphatic imine (C=N–C) groups is 1. The molecule has 0 aromatic heterocycles. The van der Waals surface area contributed by atoms with Crippen molar-refractivity contribution < 1.29 is 23.9 Å². The predicted molar refractivity (Wildman–Crippen MR) is 213 cm³/mol. The number of hydrogen-bond donors (Lipinski definition) is 6. The number of allylic oxidation sites excluding steroid dienone is 3. The van der Waals surface area contributed by atoms with Gasteiger partial charge in [0.2, 0.25) is 5.78 Å². The van der Waals surface area contributed by atoms with Gasteiger partial charge in [0, 0.05) is 48.5 Å². The van der Waals surface area contributed by atoms with Crippen molar-refractivity contribution in [1.29, 1.82) is 0 Å². The van der Waals surface area contributed by atoms with E-state index in [4.69, 9.17) is 15.2 Å². The summed E-state index contributed by atoms with van der Waals surface area (Å²) >= 11 is 0. The summed E-state index contributed by atoms with van der Waals surface area (Å²) in [4.78, 5) is 47.6. The van der Waals surface area contributed by atoms with Crippen molar-refractivity contribution in [2.45, 2.75) is 88.5 Å². The average molecular weight is 752 g/mol. The average Bonchev–Trinajstić information content (AvgIpc) is 3.68. The Bertz CT molecular complexity index is 1870. The molecule has 12 heteroatoms. The van der Waals surface area contributed by atoms with Crippen molar-refractivity contribution >= 4 is 23.5 Å². The van der Waals surface area contributed by atoms with Crippen LogP contribution in [0.3, 0.4) is 0 Å². The number of rotatable bonds is 14. The number of Topliss-reactive ketones (excluding diaryl/α,β-unsaturated/α-hetero) is 2. The summed E-state index contributed by atoms with van der Waals surface area (Å²) in [5, 5.41) is 17.0. The number of ketones is 2. The number of likely N-dealkylation sites (N-methyl/N-ethyl adjacent to an activating group) is 1. The van der Waals surface area contributed by atoms with Gasteiger partial charge < -0.3 is 41.8 Å². The summed E-state index contributed by atoms with van der Waals surface area (Å²) < 4.78 is 12.4. The van der Waals surface area contributed by atoms with Gasteiger partial charge in [-0.3, -0.25) is 14.6 Å². The van der Waals surface area contributed by atoms with Gasteiger partial charge in [0.15, 0.2) is 17.3 Å². The summed E-state index contributed by atoms with van der Waals surface area (Å²) in [5.41, 5.74) is 6.15. The summed E-state index contributed by atoms with van der Waals surface area (Å²) in [7, 11) is 3.55. The number of carbonyl (C=O) groups is 3.